The maximum Gasteiger partial charge on any atom is 0.264 e. The van der Waals surface area contributed by atoms with Gasteiger partial charge in [0.05, 0.1) is 24.2 Å². The first-order valence-electron chi connectivity index (χ1n) is 10.3. The predicted molar refractivity (Wildman–Crippen MR) is 126 cm³/mol. The number of benzene rings is 3. The van der Waals surface area contributed by atoms with Crippen LogP contribution in [0.2, 0.25) is 0 Å². The van der Waals surface area contributed by atoms with E-state index in [0.29, 0.717) is 17.2 Å². The van der Waals surface area contributed by atoms with Crippen LogP contribution in [0.1, 0.15) is 16.7 Å². The molecule has 6 nitrogen and oxygen atoms in total. The highest BCUT2D eigenvalue weighted by Crippen LogP contribution is 2.32. The Kier molecular flexibility index (Phi) is 7.43. The van der Waals surface area contributed by atoms with Gasteiger partial charge in [-0.2, -0.15) is 0 Å². The lowest BCUT2D eigenvalue weighted by atomic mass is 10.1. The Morgan fingerprint density at radius 2 is 1.53 bits per heavy atom. The number of methoxy groups -OCH3 is 1. The number of aliphatic hydroxyl groups excluding tert-OH is 1. The van der Waals surface area contributed by atoms with Crippen LogP contribution >= 0.6 is 0 Å². The lowest BCUT2D eigenvalue weighted by Crippen LogP contribution is -2.40. The summed E-state index contributed by atoms with van der Waals surface area (Å²) in [5.74, 6) is 1.09. The minimum absolute atomic E-state index is 0.0549. The maximum absolute atomic E-state index is 13.5. The molecule has 3 aromatic carbocycles. The summed E-state index contributed by atoms with van der Waals surface area (Å²) in [5, 5.41) is 10.8. The largest absolute Gasteiger partial charge is 0.495 e. The molecule has 0 fully saturated rings. The fourth-order valence-electron chi connectivity index (χ4n) is 3.70. The zero-order valence-corrected chi connectivity index (χ0v) is 19.6. The highest BCUT2D eigenvalue weighted by molar-refractivity contribution is 7.92. The van der Waals surface area contributed by atoms with Crippen molar-refractivity contribution in [3.63, 3.8) is 0 Å². The van der Waals surface area contributed by atoms with Crippen LogP contribution in [0, 0.1) is 20.8 Å². The van der Waals surface area contributed by atoms with Gasteiger partial charge >= 0.3 is 0 Å². The number of hydrogen-bond donors (Lipinski definition) is 1. The Labute approximate surface area is 190 Å². The number of anilines is 1. The van der Waals surface area contributed by atoms with Crippen LogP contribution in [0.4, 0.5) is 5.69 Å². The van der Waals surface area contributed by atoms with Crippen molar-refractivity contribution in [3.8, 4) is 11.5 Å². The number of para-hydroxylation sites is 2. The molecule has 0 aliphatic rings. The summed E-state index contributed by atoms with van der Waals surface area (Å²) < 4.78 is 39.4. The Hall–Kier alpha value is -3.03. The molecule has 0 saturated carbocycles. The van der Waals surface area contributed by atoms with Crippen molar-refractivity contribution < 1.29 is 23.0 Å². The van der Waals surface area contributed by atoms with Gasteiger partial charge in [-0.1, -0.05) is 48.0 Å². The molecule has 0 bridgehead atoms. The van der Waals surface area contributed by atoms with Crippen molar-refractivity contribution in [1.29, 1.82) is 0 Å². The average Bonchev–Trinajstić information content (AvgIpc) is 2.77. The molecule has 1 atom stereocenters. The van der Waals surface area contributed by atoms with Crippen molar-refractivity contribution in [2.45, 2.75) is 31.8 Å². The second-order valence-electron chi connectivity index (χ2n) is 7.71. The summed E-state index contributed by atoms with van der Waals surface area (Å²) in [4.78, 5) is 0.129. The zero-order chi connectivity index (χ0) is 23.3. The molecule has 7 heteroatoms. The number of nitrogens with zero attached hydrogens (tertiary/aromatic N) is 1. The van der Waals surface area contributed by atoms with E-state index in [4.69, 9.17) is 9.47 Å². The van der Waals surface area contributed by atoms with E-state index in [9.17, 15) is 13.5 Å². The van der Waals surface area contributed by atoms with Crippen LogP contribution < -0.4 is 13.8 Å². The lowest BCUT2D eigenvalue weighted by Gasteiger charge is -2.28. The molecule has 3 rings (SSSR count). The van der Waals surface area contributed by atoms with Crippen LogP contribution in [0.3, 0.4) is 0 Å². The molecular formula is C25H29NO5S. The smallest absolute Gasteiger partial charge is 0.264 e. The molecule has 3 aromatic rings. The summed E-state index contributed by atoms with van der Waals surface area (Å²) in [6.45, 7) is 5.66. The highest BCUT2D eigenvalue weighted by Gasteiger charge is 2.29. The van der Waals surface area contributed by atoms with Gasteiger partial charge in [0.2, 0.25) is 0 Å². The van der Waals surface area contributed by atoms with Gasteiger partial charge < -0.3 is 14.6 Å². The van der Waals surface area contributed by atoms with Gasteiger partial charge in [-0.25, -0.2) is 8.42 Å². The molecule has 32 heavy (non-hydrogen) atoms. The first-order chi connectivity index (χ1) is 15.2. The van der Waals surface area contributed by atoms with Crippen molar-refractivity contribution in [2.75, 3.05) is 24.6 Å². The number of sulfonamides is 1. The monoisotopic (exact) mass is 455 g/mol. The van der Waals surface area contributed by atoms with E-state index in [-0.39, 0.29) is 18.0 Å². The summed E-state index contributed by atoms with van der Waals surface area (Å²) in [7, 11) is -2.47. The second-order valence-corrected chi connectivity index (χ2v) is 9.58. The van der Waals surface area contributed by atoms with Crippen molar-refractivity contribution in [3.05, 3.63) is 83.4 Å². The molecule has 0 heterocycles. The van der Waals surface area contributed by atoms with E-state index >= 15 is 0 Å². The molecule has 0 unspecified atom stereocenters. The van der Waals surface area contributed by atoms with Crippen molar-refractivity contribution in [1.82, 2.24) is 0 Å². The van der Waals surface area contributed by atoms with Gasteiger partial charge in [-0.3, -0.25) is 4.31 Å². The molecule has 0 radical (unpaired) electrons. The van der Waals surface area contributed by atoms with E-state index in [1.165, 1.54) is 23.5 Å². The SMILES string of the molecule is COc1ccccc1N(C[C@@H](O)COc1c(C)cc(C)cc1C)S(=O)(=O)c1ccccc1. The molecule has 1 N–H and O–H groups in total. The first-order valence-corrected chi connectivity index (χ1v) is 11.8. The average molecular weight is 456 g/mol. The van der Waals surface area contributed by atoms with Crippen LogP contribution in [0.15, 0.2) is 71.6 Å². The van der Waals surface area contributed by atoms with Gasteiger partial charge in [0.15, 0.2) is 0 Å². The van der Waals surface area contributed by atoms with Crippen LogP contribution in [0.25, 0.3) is 0 Å². The molecular weight excluding hydrogens is 426 g/mol. The highest BCUT2D eigenvalue weighted by atomic mass is 32.2. The van der Waals surface area contributed by atoms with E-state index < -0.39 is 16.1 Å². The number of hydrogen-bond acceptors (Lipinski definition) is 5. The lowest BCUT2D eigenvalue weighted by molar-refractivity contribution is 0.114. The minimum Gasteiger partial charge on any atom is -0.495 e. The molecule has 0 spiro atoms. The number of rotatable bonds is 9. The van der Waals surface area contributed by atoms with Gasteiger partial charge in [0.25, 0.3) is 10.0 Å². The van der Waals surface area contributed by atoms with E-state index in [1.54, 1.807) is 42.5 Å². The molecule has 0 aliphatic carbocycles. The van der Waals surface area contributed by atoms with E-state index in [2.05, 4.69) is 0 Å². The van der Waals surface area contributed by atoms with Crippen molar-refractivity contribution >= 4 is 15.7 Å². The first kappa shape index (κ1) is 23.6. The predicted octanol–water partition coefficient (Wildman–Crippen LogP) is 4.26. The van der Waals surface area contributed by atoms with Gasteiger partial charge in [0.1, 0.15) is 24.2 Å². The molecule has 0 aromatic heterocycles. The third-order valence-electron chi connectivity index (χ3n) is 5.09. The van der Waals surface area contributed by atoms with Gasteiger partial charge in [-0.15, -0.1) is 0 Å². The standard InChI is InChI=1S/C25H29NO5S/c1-18-14-19(2)25(20(3)15-18)31-17-21(27)16-26(23-12-8-9-13-24(23)30-4)32(28,29)22-10-6-5-7-11-22/h5-15,21,27H,16-17H2,1-4H3/t21-/m1/s1. The van der Waals surface area contributed by atoms with Crippen LogP contribution in [0.5, 0.6) is 11.5 Å². The van der Waals surface area contributed by atoms with E-state index in [1.807, 2.05) is 32.9 Å². The molecule has 0 aliphatic heterocycles. The third kappa shape index (κ3) is 5.23. The van der Waals surface area contributed by atoms with Crippen LogP contribution in [-0.2, 0) is 10.0 Å². The molecule has 170 valence electrons. The molecule has 0 saturated heterocycles. The summed E-state index contributed by atoms with van der Waals surface area (Å²) in [5.41, 5.74) is 3.41. The fourth-order valence-corrected chi connectivity index (χ4v) is 5.23. The summed E-state index contributed by atoms with van der Waals surface area (Å²) >= 11 is 0. The Balaban J connectivity index is 1.89. The van der Waals surface area contributed by atoms with Gasteiger partial charge in [0, 0.05) is 0 Å². The maximum atomic E-state index is 13.5. The summed E-state index contributed by atoms with van der Waals surface area (Å²) in [6.07, 6.45) is -1.07. The Bertz CT molecular complexity index is 1140. The quantitative estimate of drug-likeness (QED) is 0.522. The van der Waals surface area contributed by atoms with Crippen LogP contribution in [-0.4, -0.2) is 39.9 Å². The van der Waals surface area contributed by atoms with Gasteiger partial charge in [-0.05, 0) is 56.2 Å². The Morgan fingerprint density at radius 1 is 0.938 bits per heavy atom. The Morgan fingerprint density at radius 3 is 2.16 bits per heavy atom. The molecule has 0 amide bonds. The van der Waals surface area contributed by atoms with E-state index in [0.717, 1.165) is 16.7 Å². The summed E-state index contributed by atoms with van der Waals surface area (Å²) in [6, 6.07) is 19.0. The third-order valence-corrected chi connectivity index (χ3v) is 6.88. The normalized spacial score (nSPS) is 12.3. The fraction of sp³-hybridized carbons (Fsp3) is 0.280. The number of aryl methyl sites for hydroxylation is 3. The second kappa shape index (κ2) is 10.1. The number of aliphatic hydroxyl groups is 1. The number of ether oxygens (including phenoxy) is 2. The minimum atomic E-state index is -3.95. The zero-order valence-electron chi connectivity index (χ0n) is 18.8. The van der Waals surface area contributed by atoms with Crippen molar-refractivity contribution in [2.24, 2.45) is 0 Å². The topological polar surface area (TPSA) is 76.1 Å².